The number of halogens is 1. The Balaban J connectivity index is 1.33. The van der Waals surface area contributed by atoms with Crippen molar-refractivity contribution in [2.75, 3.05) is 26.2 Å². The summed E-state index contributed by atoms with van der Waals surface area (Å²) in [5.74, 6) is 0.717. The number of hydrogen-bond acceptors (Lipinski definition) is 6. The minimum Gasteiger partial charge on any atom is -0.492 e. The molecule has 40 heavy (non-hydrogen) atoms. The zero-order valence-electron chi connectivity index (χ0n) is 22.2. The largest absolute Gasteiger partial charge is 0.492 e. The molecule has 5 aromatic rings. The van der Waals surface area contributed by atoms with Crippen LogP contribution in [0.15, 0.2) is 64.7 Å². The van der Waals surface area contributed by atoms with Crippen molar-refractivity contribution in [1.29, 1.82) is 0 Å². The van der Waals surface area contributed by atoms with E-state index in [0.717, 1.165) is 47.5 Å². The van der Waals surface area contributed by atoms with Gasteiger partial charge in [-0.05, 0) is 81.0 Å². The normalized spacial score (nSPS) is 14.6. The Morgan fingerprint density at radius 3 is 2.83 bits per heavy atom. The lowest BCUT2D eigenvalue weighted by Gasteiger charge is -2.15. The predicted octanol–water partition coefficient (Wildman–Crippen LogP) is 5.87. The summed E-state index contributed by atoms with van der Waals surface area (Å²) in [7, 11) is 0. The molecule has 3 aromatic heterocycles. The molecule has 2 aromatic carbocycles. The van der Waals surface area contributed by atoms with E-state index in [9.17, 15) is 4.39 Å². The van der Waals surface area contributed by atoms with Crippen LogP contribution in [0.5, 0.6) is 5.75 Å². The van der Waals surface area contributed by atoms with E-state index in [1.807, 2.05) is 43.3 Å². The molecule has 0 spiro atoms. The Kier molecular flexibility index (Phi) is 7.15. The highest BCUT2D eigenvalue weighted by molar-refractivity contribution is 5.96. The summed E-state index contributed by atoms with van der Waals surface area (Å²) in [6.45, 7) is 8.87. The van der Waals surface area contributed by atoms with Crippen LogP contribution in [0, 0.1) is 5.82 Å². The molecular formula is C30H29FN8O. The molecule has 202 valence electrons. The third kappa shape index (κ3) is 5.26. The highest BCUT2D eigenvalue weighted by Gasteiger charge is 2.18. The van der Waals surface area contributed by atoms with Crippen molar-refractivity contribution in [2.24, 2.45) is 9.98 Å². The number of aromatic amines is 2. The quantitative estimate of drug-likeness (QED) is 0.181. The van der Waals surface area contributed by atoms with Gasteiger partial charge in [0.2, 0.25) is 0 Å². The second-order valence-electron chi connectivity index (χ2n) is 9.78. The van der Waals surface area contributed by atoms with Crippen LogP contribution in [0.1, 0.15) is 25.5 Å². The lowest BCUT2D eigenvalue weighted by Crippen LogP contribution is -2.25. The monoisotopic (exact) mass is 536 g/mol. The first kappa shape index (κ1) is 25.6. The fourth-order valence-electron chi connectivity index (χ4n) is 5.02. The molecule has 4 heterocycles. The van der Waals surface area contributed by atoms with Gasteiger partial charge in [-0.25, -0.2) is 19.4 Å². The molecular weight excluding hydrogens is 507 g/mol. The van der Waals surface area contributed by atoms with Gasteiger partial charge in [-0.1, -0.05) is 12.1 Å². The van der Waals surface area contributed by atoms with Crippen LogP contribution in [0.2, 0.25) is 0 Å². The van der Waals surface area contributed by atoms with Crippen LogP contribution >= 0.6 is 0 Å². The molecule has 6 rings (SSSR count). The van der Waals surface area contributed by atoms with E-state index < -0.39 is 0 Å². The minimum atomic E-state index is -0.354. The molecule has 0 amide bonds. The fraction of sp³-hybridized carbons (Fsp3) is 0.233. The number of nitrogens with zero attached hydrogens (tertiary/aromatic N) is 6. The Morgan fingerprint density at radius 2 is 1.98 bits per heavy atom. The summed E-state index contributed by atoms with van der Waals surface area (Å²) in [6, 6.07) is 14.4. The summed E-state index contributed by atoms with van der Waals surface area (Å²) in [5, 5.41) is 7.53. The van der Waals surface area contributed by atoms with Gasteiger partial charge in [-0.3, -0.25) is 15.0 Å². The third-order valence-electron chi connectivity index (χ3n) is 7.02. The van der Waals surface area contributed by atoms with Crippen LogP contribution in [-0.4, -0.2) is 69.3 Å². The number of nitrogens with one attached hydrogen (secondary N) is 2. The van der Waals surface area contributed by atoms with Crippen molar-refractivity contribution in [1.82, 2.24) is 30.0 Å². The highest BCUT2D eigenvalue weighted by atomic mass is 19.1. The van der Waals surface area contributed by atoms with Crippen molar-refractivity contribution >= 4 is 40.7 Å². The number of H-pyrrole nitrogens is 2. The Hall–Kier alpha value is -4.70. The van der Waals surface area contributed by atoms with E-state index in [0.29, 0.717) is 40.5 Å². The SMILES string of the molecule is C=NC=N/C=C(\C)c1ccc2[nH]nc(-c3nc4c(-c5cc(F)cc(OCCN6CCCC6)c5)cccc4[nH]3)c2n1. The topological polar surface area (TPSA) is 107 Å². The van der Waals surface area contributed by atoms with Crippen molar-refractivity contribution in [3.63, 3.8) is 0 Å². The summed E-state index contributed by atoms with van der Waals surface area (Å²) in [4.78, 5) is 23.1. The number of likely N-dealkylation sites (tertiary alicyclic amines) is 1. The molecule has 1 aliphatic rings. The van der Waals surface area contributed by atoms with Gasteiger partial charge in [0.25, 0.3) is 0 Å². The molecule has 9 nitrogen and oxygen atoms in total. The molecule has 0 atom stereocenters. The van der Waals surface area contributed by atoms with Gasteiger partial charge in [0.15, 0.2) is 11.5 Å². The molecule has 0 bridgehead atoms. The van der Waals surface area contributed by atoms with Gasteiger partial charge in [0, 0.05) is 24.4 Å². The van der Waals surface area contributed by atoms with Crippen molar-refractivity contribution in [2.45, 2.75) is 19.8 Å². The van der Waals surface area contributed by atoms with Gasteiger partial charge in [-0.2, -0.15) is 5.10 Å². The summed E-state index contributed by atoms with van der Waals surface area (Å²) < 4.78 is 20.6. The van der Waals surface area contributed by atoms with Crippen molar-refractivity contribution in [3.05, 3.63) is 66.2 Å². The highest BCUT2D eigenvalue weighted by Crippen LogP contribution is 2.33. The van der Waals surface area contributed by atoms with E-state index in [-0.39, 0.29) is 5.82 Å². The molecule has 2 N–H and O–H groups in total. The van der Waals surface area contributed by atoms with Gasteiger partial charge < -0.3 is 9.72 Å². The first-order valence-corrected chi connectivity index (χ1v) is 13.2. The van der Waals surface area contributed by atoms with Crippen molar-refractivity contribution in [3.8, 4) is 28.4 Å². The number of ether oxygens (including phenoxy) is 1. The number of imidazole rings is 1. The molecule has 0 radical (unpaired) electrons. The van der Waals surface area contributed by atoms with E-state index in [2.05, 4.69) is 36.8 Å². The van der Waals surface area contributed by atoms with Crippen LogP contribution in [-0.2, 0) is 0 Å². The summed E-state index contributed by atoms with van der Waals surface area (Å²) >= 11 is 0. The average Bonchev–Trinajstić information content (AvgIpc) is 3.72. The third-order valence-corrected chi connectivity index (χ3v) is 7.02. The maximum Gasteiger partial charge on any atom is 0.161 e. The maximum absolute atomic E-state index is 14.7. The molecule has 0 aliphatic carbocycles. The number of fused-ring (bicyclic) bond motifs is 2. The van der Waals surface area contributed by atoms with E-state index >= 15 is 0 Å². The molecule has 1 fully saturated rings. The Labute approximate surface area is 230 Å². The number of allylic oxidation sites excluding steroid dienone is 1. The fourth-order valence-corrected chi connectivity index (χ4v) is 5.02. The average molecular weight is 537 g/mol. The van der Waals surface area contributed by atoms with Gasteiger partial charge in [-0.15, -0.1) is 0 Å². The predicted molar refractivity (Wildman–Crippen MR) is 157 cm³/mol. The first-order chi connectivity index (χ1) is 19.6. The lowest BCUT2D eigenvalue weighted by molar-refractivity contribution is 0.237. The van der Waals surface area contributed by atoms with Crippen LogP contribution < -0.4 is 4.74 Å². The number of para-hydroxylation sites is 1. The molecule has 10 heteroatoms. The zero-order valence-corrected chi connectivity index (χ0v) is 22.2. The smallest absolute Gasteiger partial charge is 0.161 e. The second kappa shape index (κ2) is 11.2. The van der Waals surface area contributed by atoms with E-state index in [4.69, 9.17) is 14.7 Å². The van der Waals surface area contributed by atoms with Crippen LogP contribution in [0.3, 0.4) is 0 Å². The summed E-state index contributed by atoms with van der Waals surface area (Å²) in [5.41, 5.74) is 6.68. The van der Waals surface area contributed by atoms with Crippen LogP contribution in [0.4, 0.5) is 4.39 Å². The number of aliphatic imine (C=N–C) groups is 2. The number of benzene rings is 2. The zero-order chi connectivity index (χ0) is 27.5. The van der Waals surface area contributed by atoms with E-state index in [1.54, 1.807) is 6.20 Å². The number of rotatable bonds is 9. The van der Waals surface area contributed by atoms with Crippen molar-refractivity contribution < 1.29 is 9.13 Å². The second-order valence-corrected chi connectivity index (χ2v) is 9.78. The Bertz CT molecular complexity index is 1750. The van der Waals surface area contributed by atoms with Gasteiger partial charge in [0.05, 0.1) is 22.2 Å². The molecule has 1 aliphatic heterocycles. The number of aromatic nitrogens is 5. The van der Waals surface area contributed by atoms with Gasteiger partial charge >= 0.3 is 0 Å². The molecule has 1 saturated heterocycles. The lowest BCUT2D eigenvalue weighted by atomic mass is 10.0. The first-order valence-electron chi connectivity index (χ1n) is 13.2. The molecule has 0 unspecified atom stereocenters. The van der Waals surface area contributed by atoms with Gasteiger partial charge in [0.1, 0.15) is 30.0 Å². The van der Waals surface area contributed by atoms with E-state index in [1.165, 1.54) is 31.3 Å². The Morgan fingerprint density at radius 1 is 1.10 bits per heavy atom. The standard InChI is InChI=1S/C30H29FN8O/c1-19(17-33-18-32-2)24-8-9-26-28(34-24)29(38-37-26)30-35-25-7-5-6-23(27(25)36-30)20-14-21(31)16-22(15-20)40-13-12-39-10-3-4-11-39/h5-9,14-18H,2-4,10-13H2,1H3,(H,35,36)(H,37,38)/b19-17+,33-18?. The van der Waals surface area contributed by atoms with Crippen LogP contribution in [0.25, 0.3) is 50.3 Å². The number of pyridine rings is 1. The molecule has 0 saturated carbocycles. The number of hydrogen-bond donors (Lipinski definition) is 2. The maximum atomic E-state index is 14.7. The summed E-state index contributed by atoms with van der Waals surface area (Å²) in [6.07, 6.45) is 5.51. The minimum absolute atomic E-state index is 0.354.